The standard InChI is InChI=1S/C12H8BrFOS/c13-9-5-6-16-12(9)7-11(15)8-3-1-2-4-10(8)14/h1-6H,7H2. The van der Waals surface area contributed by atoms with E-state index in [4.69, 9.17) is 0 Å². The Morgan fingerprint density at radius 1 is 1.31 bits per heavy atom. The Morgan fingerprint density at radius 2 is 2.06 bits per heavy atom. The van der Waals surface area contributed by atoms with Gasteiger partial charge >= 0.3 is 0 Å². The minimum atomic E-state index is -0.458. The van der Waals surface area contributed by atoms with Crippen LogP contribution in [0.15, 0.2) is 40.2 Å². The third-order valence-corrected chi connectivity index (χ3v) is 4.11. The minimum absolute atomic E-state index is 0.155. The summed E-state index contributed by atoms with van der Waals surface area (Å²) in [7, 11) is 0. The van der Waals surface area contributed by atoms with Gasteiger partial charge in [0.15, 0.2) is 5.78 Å². The number of hydrogen-bond donors (Lipinski definition) is 0. The van der Waals surface area contributed by atoms with Gasteiger partial charge in [-0.25, -0.2) is 4.39 Å². The van der Waals surface area contributed by atoms with Crippen molar-refractivity contribution >= 4 is 33.0 Å². The lowest BCUT2D eigenvalue weighted by Gasteiger charge is -2.01. The first-order chi connectivity index (χ1) is 7.68. The van der Waals surface area contributed by atoms with Crippen LogP contribution in [0.3, 0.4) is 0 Å². The van der Waals surface area contributed by atoms with Gasteiger partial charge in [-0.15, -0.1) is 11.3 Å². The number of carbonyl (C=O) groups excluding carboxylic acids is 1. The highest BCUT2D eigenvalue weighted by molar-refractivity contribution is 9.10. The molecule has 82 valence electrons. The highest BCUT2D eigenvalue weighted by Crippen LogP contribution is 2.24. The number of benzene rings is 1. The summed E-state index contributed by atoms with van der Waals surface area (Å²) in [5.41, 5.74) is 0.155. The molecule has 1 nitrogen and oxygen atoms in total. The van der Waals surface area contributed by atoms with Crippen molar-refractivity contribution in [2.45, 2.75) is 6.42 Å². The summed E-state index contributed by atoms with van der Waals surface area (Å²) in [6, 6.07) is 7.94. The van der Waals surface area contributed by atoms with Crippen molar-refractivity contribution in [1.29, 1.82) is 0 Å². The zero-order chi connectivity index (χ0) is 11.5. The van der Waals surface area contributed by atoms with Crippen molar-refractivity contribution < 1.29 is 9.18 Å². The van der Waals surface area contributed by atoms with E-state index in [9.17, 15) is 9.18 Å². The molecule has 1 aromatic heterocycles. The number of rotatable bonds is 3. The van der Waals surface area contributed by atoms with Gasteiger partial charge in [-0.2, -0.15) is 0 Å². The molecule has 1 aromatic carbocycles. The molecule has 0 amide bonds. The van der Waals surface area contributed by atoms with Crippen molar-refractivity contribution in [1.82, 2.24) is 0 Å². The summed E-state index contributed by atoms with van der Waals surface area (Å²) in [6.07, 6.45) is 0.235. The normalized spacial score (nSPS) is 10.4. The first-order valence-electron chi connectivity index (χ1n) is 4.68. The molecule has 2 rings (SSSR count). The van der Waals surface area contributed by atoms with E-state index >= 15 is 0 Å². The third-order valence-electron chi connectivity index (χ3n) is 2.19. The van der Waals surface area contributed by atoms with Gasteiger partial charge in [0.1, 0.15) is 5.82 Å². The van der Waals surface area contributed by atoms with Gasteiger partial charge in [0, 0.05) is 15.8 Å². The van der Waals surface area contributed by atoms with Gasteiger partial charge in [0.05, 0.1) is 5.56 Å². The summed E-state index contributed by atoms with van der Waals surface area (Å²) in [5.74, 6) is -0.651. The van der Waals surface area contributed by atoms with E-state index in [1.54, 1.807) is 12.1 Å². The molecule has 0 N–H and O–H groups in total. The molecule has 0 fully saturated rings. The number of hydrogen-bond acceptors (Lipinski definition) is 2. The molecule has 0 spiro atoms. The van der Waals surface area contributed by atoms with Crippen LogP contribution in [0.2, 0.25) is 0 Å². The van der Waals surface area contributed by atoms with Crippen molar-refractivity contribution in [2.24, 2.45) is 0 Å². The number of thiophene rings is 1. The fourth-order valence-electron chi connectivity index (χ4n) is 1.38. The molecule has 1 heterocycles. The molecular formula is C12H8BrFOS. The molecule has 0 aliphatic rings. The predicted octanol–water partition coefficient (Wildman–Crippen LogP) is 4.08. The Balaban J connectivity index is 2.22. The number of ketones is 1. The zero-order valence-corrected chi connectivity index (χ0v) is 10.6. The Kier molecular flexibility index (Phi) is 3.51. The first-order valence-corrected chi connectivity index (χ1v) is 6.35. The molecule has 0 atom stereocenters. The SMILES string of the molecule is O=C(Cc1sccc1Br)c1ccccc1F. The molecule has 0 aliphatic carbocycles. The van der Waals surface area contributed by atoms with Crippen LogP contribution in [0.5, 0.6) is 0 Å². The smallest absolute Gasteiger partial charge is 0.171 e. The van der Waals surface area contributed by atoms with E-state index in [2.05, 4.69) is 15.9 Å². The highest BCUT2D eigenvalue weighted by atomic mass is 79.9. The van der Waals surface area contributed by atoms with E-state index in [0.29, 0.717) is 0 Å². The summed E-state index contributed by atoms with van der Waals surface area (Å²) in [5, 5.41) is 1.90. The summed E-state index contributed by atoms with van der Waals surface area (Å²) >= 11 is 4.84. The largest absolute Gasteiger partial charge is 0.294 e. The van der Waals surface area contributed by atoms with Crippen LogP contribution in [0.25, 0.3) is 0 Å². The number of Topliss-reactive ketones (excluding diaryl/α,β-unsaturated/α-hetero) is 1. The average Bonchev–Trinajstić information content (AvgIpc) is 2.65. The molecule has 0 saturated heterocycles. The van der Waals surface area contributed by atoms with Crippen LogP contribution in [-0.4, -0.2) is 5.78 Å². The van der Waals surface area contributed by atoms with Gasteiger partial charge in [-0.1, -0.05) is 12.1 Å². The lowest BCUT2D eigenvalue weighted by molar-refractivity contribution is 0.0990. The van der Waals surface area contributed by atoms with Crippen LogP contribution in [0.1, 0.15) is 15.2 Å². The third kappa shape index (κ3) is 2.39. The minimum Gasteiger partial charge on any atom is -0.294 e. The second kappa shape index (κ2) is 4.89. The molecule has 2 aromatic rings. The van der Waals surface area contributed by atoms with Crippen LogP contribution >= 0.6 is 27.3 Å². The summed E-state index contributed by atoms with van der Waals surface area (Å²) < 4.78 is 14.2. The van der Waals surface area contributed by atoms with Crippen LogP contribution in [0, 0.1) is 5.82 Å². The zero-order valence-electron chi connectivity index (χ0n) is 8.24. The Hall–Kier alpha value is -1.00. The molecular weight excluding hydrogens is 291 g/mol. The number of halogens is 2. The Morgan fingerprint density at radius 3 is 2.69 bits per heavy atom. The van der Waals surface area contributed by atoms with Gasteiger partial charge in [0.2, 0.25) is 0 Å². The maximum Gasteiger partial charge on any atom is 0.171 e. The molecule has 0 saturated carbocycles. The van der Waals surface area contributed by atoms with Gasteiger partial charge in [0.25, 0.3) is 0 Å². The van der Waals surface area contributed by atoms with Crippen molar-refractivity contribution in [3.8, 4) is 0 Å². The van der Waals surface area contributed by atoms with Crippen molar-refractivity contribution in [3.05, 3.63) is 56.4 Å². The molecule has 4 heteroatoms. The van der Waals surface area contributed by atoms with Crippen molar-refractivity contribution in [3.63, 3.8) is 0 Å². The lowest BCUT2D eigenvalue weighted by atomic mass is 10.1. The maximum absolute atomic E-state index is 13.3. The molecule has 0 aliphatic heterocycles. The molecule has 0 radical (unpaired) electrons. The Labute approximate surface area is 105 Å². The van der Waals surface area contributed by atoms with E-state index in [1.807, 2.05) is 11.4 Å². The van der Waals surface area contributed by atoms with E-state index in [-0.39, 0.29) is 17.8 Å². The van der Waals surface area contributed by atoms with Crippen LogP contribution in [0.4, 0.5) is 4.39 Å². The van der Waals surface area contributed by atoms with E-state index < -0.39 is 5.82 Å². The average molecular weight is 299 g/mol. The van der Waals surface area contributed by atoms with E-state index in [1.165, 1.54) is 23.5 Å². The quantitative estimate of drug-likeness (QED) is 0.781. The second-order valence-electron chi connectivity index (χ2n) is 3.27. The molecule has 0 unspecified atom stereocenters. The summed E-state index contributed by atoms with van der Waals surface area (Å²) in [4.78, 5) is 12.8. The lowest BCUT2D eigenvalue weighted by Crippen LogP contribution is -2.05. The topological polar surface area (TPSA) is 17.1 Å². The fraction of sp³-hybridized carbons (Fsp3) is 0.0833. The second-order valence-corrected chi connectivity index (χ2v) is 5.13. The number of carbonyl (C=O) groups is 1. The maximum atomic E-state index is 13.3. The predicted molar refractivity (Wildman–Crippen MR) is 66.5 cm³/mol. The molecule has 16 heavy (non-hydrogen) atoms. The first kappa shape index (κ1) is 11.5. The van der Waals surface area contributed by atoms with Crippen LogP contribution in [-0.2, 0) is 6.42 Å². The van der Waals surface area contributed by atoms with Crippen molar-refractivity contribution in [2.75, 3.05) is 0 Å². The van der Waals surface area contributed by atoms with Gasteiger partial charge < -0.3 is 0 Å². The van der Waals surface area contributed by atoms with Gasteiger partial charge in [-0.3, -0.25) is 4.79 Å². The summed E-state index contributed by atoms with van der Waals surface area (Å²) in [6.45, 7) is 0. The Bertz CT molecular complexity index is 521. The van der Waals surface area contributed by atoms with Crippen LogP contribution < -0.4 is 0 Å². The van der Waals surface area contributed by atoms with E-state index in [0.717, 1.165) is 9.35 Å². The fourth-order valence-corrected chi connectivity index (χ4v) is 2.87. The monoisotopic (exact) mass is 298 g/mol. The van der Waals surface area contributed by atoms with Gasteiger partial charge in [-0.05, 0) is 39.5 Å². The highest BCUT2D eigenvalue weighted by Gasteiger charge is 2.13. The molecule has 0 bridgehead atoms.